The van der Waals surface area contributed by atoms with Crippen LogP contribution >= 0.6 is 0 Å². The number of rotatable bonds is 7. The average Bonchev–Trinajstić information content (AvgIpc) is 2.42. The Morgan fingerprint density at radius 2 is 2.00 bits per heavy atom. The van der Waals surface area contributed by atoms with Crippen LogP contribution in [0.2, 0.25) is 0 Å². The van der Waals surface area contributed by atoms with E-state index in [0.29, 0.717) is 12.5 Å². The normalized spacial score (nSPS) is 12.8. The lowest BCUT2D eigenvalue weighted by Crippen LogP contribution is -2.32. The lowest BCUT2D eigenvalue weighted by Gasteiger charge is -2.20. The summed E-state index contributed by atoms with van der Waals surface area (Å²) >= 11 is 0. The number of alkyl carbamates (subject to hydrolysis) is 1. The van der Waals surface area contributed by atoms with Gasteiger partial charge in [-0.05, 0) is 44.2 Å². The summed E-state index contributed by atoms with van der Waals surface area (Å²) in [6.07, 6.45) is 5.59. The Balaban J connectivity index is 2.58. The van der Waals surface area contributed by atoms with Gasteiger partial charge in [-0.25, -0.2) is 4.79 Å². The van der Waals surface area contributed by atoms with Crippen molar-refractivity contribution in [3.63, 3.8) is 0 Å². The molecule has 0 aliphatic rings. The topological polar surface area (TPSA) is 38.3 Å². The highest BCUT2D eigenvalue weighted by Crippen LogP contribution is 2.20. The number of hydrogen-bond donors (Lipinski definition) is 1. The summed E-state index contributed by atoms with van der Waals surface area (Å²) in [6, 6.07) is 8.19. The Morgan fingerprint density at radius 1 is 1.32 bits per heavy atom. The maximum absolute atomic E-state index is 11.8. The maximum Gasteiger partial charge on any atom is 0.407 e. The fourth-order valence-corrected chi connectivity index (χ4v) is 2.26. The van der Waals surface area contributed by atoms with Crippen molar-refractivity contribution in [1.82, 2.24) is 5.32 Å². The first kappa shape index (κ1) is 18.5. The molecule has 0 bridgehead atoms. The summed E-state index contributed by atoms with van der Waals surface area (Å²) in [5, 5.41) is 2.83. The lowest BCUT2D eigenvalue weighted by atomic mass is 9.93. The molecule has 3 nitrogen and oxygen atoms in total. The molecule has 3 heteroatoms. The summed E-state index contributed by atoms with van der Waals surface area (Å²) in [7, 11) is 0. The van der Waals surface area contributed by atoms with E-state index in [1.165, 1.54) is 24.8 Å². The highest BCUT2D eigenvalue weighted by atomic mass is 16.6. The monoisotopic (exact) mass is 304 g/mol. The smallest absolute Gasteiger partial charge is 0.407 e. The minimum absolute atomic E-state index is 0.374. The van der Waals surface area contributed by atoms with Crippen molar-refractivity contribution >= 4 is 6.09 Å². The van der Waals surface area contributed by atoms with Gasteiger partial charge in [-0.3, -0.25) is 0 Å². The highest BCUT2D eigenvalue weighted by molar-refractivity contribution is 5.67. The predicted molar refractivity (Wildman–Crippen MR) is 91.6 cm³/mol. The van der Waals surface area contributed by atoms with E-state index < -0.39 is 5.60 Å². The average molecular weight is 304 g/mol. The van der Waals surface area contributed by atoms with E-state index in [2.05, 4.69) is 37.7 Å². The van der Waals surface area contributed by atoms with Gasteiger partial charge in [0.25, 0.3) is 0 Å². The minimum atomic E-state index is -0.468. The maximum atomic E-state index is 11.8. The van der Waals surface area contributed by atoms with Crippen LogP contribution in [0.3, 0.4) is 0 Å². The standard InChI is InChI=1S/C19H30NO2/c1-6-7-10-15(2)13-16-11-8-9-12-17(16)14-20-18(21)22-19(3,4)5/h8-9,11-13,15H,6-7,10,14H2,1-5H3,(H,20,21)/t15-/m0/s1. The van der Waals surface area contributed by atoms with E-state index in [1.807, 2.05) is 32.9 Å². The molecule has 22 heavy (non-hydrogen) atoms. The Bertz CT molecular complexity index is 463. The first-order chi connectivity index (χ1) is 10.3. The molecule has 0 unspecified atom stereocenters. The van der Waals surface area contributed by atoms with Crippen molar-refractivity contribution in [2.75, 3.05) is 0 Å². The van der Waals surface area contributed by atoms with E-state index in [4.69, 9.17) is 4.74 Å². The predicted octanol–water partition coefficient (Wildman–Crippen LogP) is 5.09. The molecule has 0 aliphatic carbocycles. The fraction of sp³-hybridized carbons (Fsp3) is 0.579. The van der Waals surface area contributed by atoms with Crippen molar-refractivity contribution in [1.29, 1.82) is 0 Å². The summed E-state index contributed by atoms with van der Waals surface area (Å²) in [5.74, 6) is 0.544. The number of carbonyl (C=O) groups is 1. The van der Waals surface area contributed by atoms with Gasteiger partial charge in [0.05, 0.1) is 0 Å². The van der Waals surface area contributed by atoms with Crippen LogP contribution in [-0.4, -0.2) is 11.7 Å². The molecule has 1 atom stereocenters. The van der Waals surface area contributed by atoms with Crippen LogP contribution in [0.25, 0.3) is 0 Å². The Kier molecular flexibility index (Phi) is 7.43. The summed E-state index contributed by atoms with van der Waals surface area (Å²) in [6.45, 7) is 10.5. The number of amides is 1. The van der Waals surface area contributed by atoms with Crippen molar-refractivity contribution in [2.24, 2.45) is 5.92 Å². The van der Waals surface area contributed by atoms with Crippen LogP contribution in [0.5, 0.6) is 0 Å². The first-order valence-corrected chi connectivity index (χ1v) is 8.21. The SMILES string of the molecule is CCCC[C@H](C)[CH]c1ccccc1CNC(=O)OC(C)(C)C. The number of ether oxygens (including phenoxy) is 1. The minimum Gasteiger partial charge on any atom is -0.444 e. The second-order valence-corrected chi connectivity index (χ2v) is 6.84. The van der Waals surface area contributed by atoms with Gasteiger partial charge >= 0.3 is 6.09 Å². The van der Waals surface area contributed by atoms with Crippen molar-refractivity contribution < 1.29 is 9.53 Å². The molecule has 1 amide bonds. The Hall–Kier alpha value is -1.51. The lowest BCUT2D eigenvalue weighted by molar-refractivity contribution is 0.0523. The first-order valence-electron chi connectivity index (χ1n) is 8.21. The molecule has 123 valence electrons. The number of nitrogens with one attached hydrogen (secondary N) is 1. The van der Waals surface area contributed by atoms with Gasteiger partial charge in [-0.15, -0.1) is 0 Å². The molecule has 0 fully saturated rings. The van der Waals surface area contributed by atoms with Gasteiger partial charge in [-0.1, -0.05) is 57.4 Å². The van der Waals surface area contributed by atoms with Crippen molar-refractivity contribution in [3.05, 3.63) is 41.8 Å². The quantitative estimate of drug-likeness (QED) is 0.762. The van der Waals surface area contributed by atoms with Crippen LogP contribution in [-0.2, 0) is 11.3 Å². The third kappa shape index (κ3) is 7.48. The molecule has 0 heterocycles. The fourth-order valence-electron chi connectivity index (χ4n) is 2.26. The van der Waals surface area contributed by atoms with E-state index in [1.54, 1.807) is 0 Å². The van der Waals surface area contributed by atoms with Crippen LogP contribution in [0.4, 0.5) is 4.79 Å². The van der Waals surface area contributed by atoms with Crippen LogP contribution in [0.1, 0.15) is 65.0 Å². The molecule has 1 aromatic rings. The van der Waals surface area contributed by atoms with E-state index >= 15 is 0 Å². The molecule has 0 saturated heterocycles. The molecule has 0 aliphatic heterocycles. The summed E-state index contributed by atoms with van der Waals surface area (Å²) in [5.41, 5.74) is 1.85. The zero-order chi connectivity index (χ0) is 16.6. The number of unbranched alkanes of at least 4 members (excludes halogenated alkanes) is 1. The zero-order valence-electron chi connectivity index (χ0n) is 14.6. The third-order valence-corrected chi connectivity index (χ3v) is 3.35. The number of benzene rings is 1. The highest BCUT2D eigenvalue weighted by Gasteiger charge is 2.16. The van der Waals surface area contributed by atoms with Crippen LogP contribution < -0.4 is 5.32 Å². The van der Waals surface area contributed by atoms with Gasteiger partial charge < -0.3 is 10.1 Å². The molecule has 0 saturated carbocycles. The molecule has 0 aromatic heterocycles. The summed E-state index contributed by atoms with van der Waals surface area (Å²) in [4.78, 5) is 11.8. The van der Waals surface area contributed by atoms with Gasteiger partial charge in [0, 0.05) is 6.54 Å². The van der Waals surface area contributed by atoms with Gasteiger partial charge in [0.1, 0.15) is 5.60 Å². The largest absolute Gasteiger partial charge is 0.444 e. The molecule has 0 spiro atoms. The molecule has 1 rings (SSSR count). The number of carbonyl (C=O) groups excluding carboxylic acids is 1. The van der Waals surface area contributed by atoms with E-state index in [-0.39, 0.29) is 6.09 Å². The van der Waals surface area contributed by atoms with Crippen molar-refractivity contribution in [2.45, 2.75) is 66.0 Å². The molecule has 1 radical (unpaired) electrons. The molecular formula is C19H30NO2. The van der Waals surface area contributed by atoms with Crippen LogP contribution in [0, 0.1) is 12.3 Å². The molecule has 1 aromatic carbocycles. The van der Waals surface area contributed by atoms with Crippen molar-refractivity contribution in [3.8, 4) is 0 Å². The van der Waals surface area contributed by atoms with Crippen LogP contribution in [0.15, 0.2) is 24.3 Å². The molecule has 1 N–H and O–H groups in total. The second-order valence-electron chi connectivity index (χ2n) is 6.84. The van der Waals surface area contributed by atoms with Gasteiger partial charge in [0.15, 0.2) is 0 Å². The van der Waals surface area contributed by atoms with Gasteiger partial charge in [-0.2, -0.15) is 0 Å². The van der Waals surface area contributed by atoms with E-state index in [0.717, 1.165) is 5.56 Å². The van der Waals surface area contributed by atoms with E-state index in [9.17, 15) is 4.79 Å². The van der Waals surface area contributed by atoms with Gasteiger partial charge in [0.2, 0.25) is 0 Å². The summed E-state index contributed by atoms with van der Waals surface area (Å²) < 4.78 is 5.27. The Morgan fingerprint density at radius 3 is 2.64 bits per heavy atom. The molecular weight excluding hydrogens is 274 g/mol. The second kappa shape index (κ2) is 8.82. The zero-order valence-corrected chi connectivity index (χ0v) is 14.6. The number of hydrogen-bond acceptors (Lipinski definition) is 2. The third-order valence-electron chi connectivity index (χ3n) is 3.35. The Labute approximate surface area is 135 Å².